The number of benzene rings is 1. The lowest BCUT2D eigenvalue weighted by molar-refractivity contribution is 0.0907. The van der Waals surface area contributed by atoms with Crippen LogP contribution in [0.4, 0.5) is 10.1 Å². The molecular formula is C26H33FN6O2. The highest BCUT2D eigenvalue weighted by atomic mass is 19.1. The number of hydrogen-bond acceptors (Lipinski definition) is 7. The number of piperidine rings is 1. The van der Waals surface area contributed by atoms with Gasteiger partial charge >= 0.3 is 11.8 Å². The molecule has 3 aromatic rings. The molecule has 0 saturated carbocycles. The number of nitrogens with one attached hydrogen (secondary N) is 2. The molecule has 0 radical (unpaired) electrons. The average molecular weight is 481 g/mol. The Morgan fingerprint density at radius 2 is 2.06 bits per heavy atom. The van der Waals surface area contributed by atoms with Gasteiger partial charge in [0, 0.05) is 48.4 Å². The fourth-order valence-corrected chi connectivity index (χ4v) is 4.29. The van der Waals surface area contributed by atoms with Crippen molar-refractivity contribution in [1.82, 2.24) is 25.8 Å². The maximum atomic E-state index is 15.6. The first-order chi connectivity index (χ1) is 16.7. The van der Waals surface area contributed by atoms with Crippen LogP contribution in [0, 0.1) is 12.7 Å². The Hall–Kier alpha value is -3.33. The van der Waals surface area contributed by atoms with E-state index in [2.05, 4.69) is 30.7 Å². The molecule has 35 heavy (non-hydrogen) atoms. The van der Waals surface area contributed by atoms with Crippen LogP contribution in [0.5, 0.6) is 0 Å². The van der Waals surface area contributed by atoms with Crippen molar-refractivity contribution < 1.29 is 13.7 Å². The number of aromatic nitrogens is 3. The zero-order chi connectivity index (χ0) is 25.2. The van der Waals surface area contributed by atoms with Gasteiger partial charge in [0.25, 0.3) is 0 Å². The van der Waals surface area contributed by atoms with Gasteiger partial charge in [0.1, 0.15) is 5.82 Å². The first kappa shape index (κ1) is 24.8. The number of nitrogens with zero attached hydrogens (tertiary/aromatic N) is 4. The second kappa shape index (κ2) is 10.1. The van der Waals surface area contributed by atoms with Crippen molar-refractivity contribution in [3.8, 4) is 11.1 Å². The smallest absolute Gasteiger partial charge is 0.315 e. The number of amides is 1. The largest absolute Gasteiger partial charge is 0.368 e. The summed E-state index contributed by atoms with van der Waals surface area (Å²) in [5.74, 6) is -0.443. The summed E-state index contributed by atoms with van der Waals surface area (Å²) < 4.78 is 20.7. The third-order valence-electron chi connectivity index (χ3n) is 6.49. The molecule has 1 aliphatic heterocycles. The Morgan fingerprint density at radius 3 is 2.77 bits per heavy atom. The molecule has 1 saturated heterocycles. The van der Waals surface area contributed by atoms with Crippen LogP contribution in [0.2, 0.25) is 0 Å². The SMILES string of the molecule is CNC1CCCN(c2cnccc2-c2ccc(CNC(=O)c3nc(C(C)(C)C)no3)c(C)c2F)C1. The number of anilines is 1. The zero-order valence-electron chi connectivity index (χ0n) is 21.0. The number of halogens is 1. The van der Waals surface area contributed by atoms with Gasteiger partial charge in [-0.2, -0.15) is 4.98 Å². The highest BCUT2D eigenvalue weighted by Crippen LogP contribution is 2.35. The van der Waals surface area contributed by atoms with Crippen LogP contribution in [-0.2, 0) is 12.0 Å². The van der Waals surface area contributed by atoms with E-state index in [9.17, 15) is 4.79 Å². The summed E-state index contributed by atoms with van der Waals surface area (Å²) in [7, 11) is 1.97. The predicted molar refractivity (Wildman–Crippen MR) is 133 cm³/mol. The molecule has 1 fully saturated rings. The van der Waals surface area contributed by atoms with Gasteiger partial charge in [0.15, 0.2) is 5.82 Å². The summed E-state index contributed by atoms with van der Waals surface area (Å²) >= 11 is 0. The Labute approximate surface area is 205 Å². The van der Waals surface area contributed by atoms with Crippen molar-refractivity contribution in [3.05, 3.63) is 59.3 Å². The summed E-state index contributed by atoms with van der Waals surface area (Å²) in [5.41, 5.74) is 3.10. The Bertz CT molecular complexity index is 1200. The molecular weight excluding hydrogens is 447 g/mol. The molecule has 3 heterocycles. The van der Waals surface area contributed by atoms with Crippen LogP contribution < -0.4 is 15.5 Å². The van der Waals surface area contributed by atoms with Gasteiger partial charge in [-0.15, -0.1) is 0 Å². The highest BCUT2D eigenvalue weighted by Gasteiger charge is 2.25. The lowest BCUT2D eigenvalue weighted by Crippen LogP contribution is -2.44. The molecule has 0 bridgehead atoms. The molecule has 1 amide bonds. The van der Waals surface area contributed by atoms with E-state index in [0.29, 0.717) is 28.6 Å². The summed E-state index contributed by atoms with van der Waals surface area (Å²) in [6.07, 6.45) is 5.69. The van der Waals surface area contributed by atoms with Gasteiger partial charge in [0.05, 0.1) is 11.9 Å². The van der Waals surface area contributed by atoms with Crippen molar-refractivity contribution >= 4 is 11.6 Å². The van der Waals surface area contributed by atoms with Crippen LogP contribution in [0.1, 0.15) is 61.2 Å². The Balaban J connectivity index is 1.53. The maximum absolute atomic E-state index is 15.6. The molecule has 9 heteroatoms. The standard InChI is InChI=1S/C26H33FN6O2/c1-16-17(13-30-23(34)24-31-25(32-35-24)26(2,3)4)8-9-20(22(16)27)19-10-11-29-14-21(19)33-12-6-7-18(15-33)28-5/h8-11,14,18,28H,6-7,12-13,15H2,1-5H3,(H,30,34). The van der Waals surface area contributed by atoms with Crippen LogP contribution >= 0.6 is 0 Å². The first-order valence-corrected chi connectivity index (χ1v) is 12.0. The van der Waals surface area contributed by atoms with E-state index < -0.39 is 5.91 Å². The monoisotopic (exact) mass is 480 g/mol. The van der Waals surface area contributed by atoms with Crippen molar-refractivity contribution in [2.24, 2.45) is 0 Å². The molecule has 2 aromatic heterocycles. The second-order valence-corrected chi connectivity index (χ2v) is 10.0. The fraction of sp³-hybridized carbons (Fsp3) is 0.462. The molecule has 0 spiro atoms. The summed E-state index contributed by atoms with van der Waals surface area (Å²) in [6.45, 7) is 9.45. The number of rotatable bonds is 6. The zero-order valence-corrected chi connectivity index (χ0v) is 21.0. The van der Waals surface area contributed by atoms with Crippen molar-refractivity contribution in [2.45, 2.75) is 58.5 Å². The van der Waals surface area contributed by atoms with E-state index >= 15 is 4.39 Å². The highest BCUT2D eigenvalue weighted by molar-refractivity contribution is 5.89. The molecule has 0 aliphatic carbocycles. The van der Waals surface area contributed by atoms with E-state index in [4.69, 9.17) is 4.52 Å². The minimum absolute atomic E-state index is 0.104. The van der Waals surface area contributed by atoms with Gasteiger partial charge in [-0.3, -0.25) is 9.78 Å². The molecule has 2 N–H and O–H groups in total. The van der Waals surface area contributed by atoms with Crippen molar-refractivity contribution in [1.29, 1.82) is 0 Å². The Kier molecular flexibility index (Phi) is 7.16. The number of carbonyl (C=O) groups is 1. The third kappa shape index (κ3) is 5.35. The number of carbonyl (C=O) groups excluding carboxylic acids is 1. The Morgan fingerprint density at radius 1 is 1.26 bits per heavy atom. The number of likely N-dealkylation sites (N-methyl/N-ethyl adjacent to an activating group) is 1. The normalized spacial score (nSPS) is 16.4. The van der Waals surface area contributed by atoms with E-state index in [1.165, 1.54) is 0 Å². The molecule has 1 aliphatic rings. The minimum atomic E-state index is -0.488. The third-order valence-corrected chi connectivity index (χ3v) is 6.49. The summed E-state index contributed by atoms with van der Waals surface area (Å²) in [6, 6.07) is 5.87. The molecule has 186 valence electrons. The molecule has 4 rings (SSSR count). The molecule has 1 atom stereocenters. The first-order valence-electron chi connectivity index (χ1n) is 12.0. The van der Waals surface area contributed by atoms with Gasteiger partial charge in [0.2, 0.25) is 0 Å². The fourth-order valence-electron chi connectivity index (χ4n) is 4.29. The maximum Gasteiger partial charge on any atom is 0.315 e. The molecule has 8 nitrogen and oxygen atoms in total. The number of hydrogen-bond donors (Lipinski definition) is 2. The van der Waals surface area contributed by atoms with E-state index in [0.717, 1.165) is 37.2 Å². The lowest BCUT2D eigenvalue weighted by Gasteiger charge is -2.35. The van der Waals surface area contributed by atoms with Crippen LogP contribution in [0.3, 0.4) is 0 Å². The van der Waals surface area contributed by atoms with Crippen LogP contribution in [0.15, 0.2) is 35.1 Å². The number of pyridine rings is 1. The average Bonchev–Trinajstić information content (AvgIpc) is 3.36. The van der Waals surface area contributed by atoms with E-state index in [-0.39, 0.29) is 23.7 Å². The summed E-state index contributed by atoms with van der Waals surface area (Å²) in [5, 5.41) is 9.98. The van der Waals surface area contributed by atoms with Gasteiger partial charge in [-0.05, 0) is 44.0 Å². The quantitative estimate of drug-likeness (QED) is 0.551. The molecule has 1 aromatic carbocycles. The molecule has 1 unspecified atom stereocenters. The van der Waals surface area contributed by atoms with E-state index in [1.54, 1.807) is 19.2 Å². The van der Waals surface area contributed by atoms with Gasteiger partial charge < -0.3 is 20.1 Å². The summed E-state index contributed by atoms with van der Waals surface area (Å²) in [4.78, 5) is 23.2. The van der Waals surface area contributed by atoms with Crippen LogP contribution in [-0.4, -0.2) is 47.2 Å². The van der Waals surface area contributed by atoms with Gasteiger partial charge in [-0.25, -0.2) is 4.39 Å². The lowest BCUT2D eigenvalue weighted by atomic mass is 9.96. The second-order valence-electron chi connectivity index (χ2n) is 10.0. The topological polar surface area (TPSA) is 96.2 Å². The van der Waals surface area contributed by atoms with Crippen molar-refractivity contribution in [3.63, 3.8) is 0 Å². The van der Waals surface area contributed by atoms with Crippen molar-refractivity contribution in [2.75, 3.05) is 25.0 Å². The predicted octanol–water partition coefficient (Wildman–Crippen LogP) is 3.99. The van der Waals surface area contributed by atoms with Gasteiger partial charge in [-0.1, -0.05) is 38.1 Å². The minimum Gasteiger partial charge on any atom is -0.368 e. The van der Waals surface area contributed by atoms with E-state index in [1.807, 2.05) is 46.1 Å². The van der Waals surface area contributed by atoms with Crippen LogP contribution in [0.25, 0.3) is 11.1 Å².